The zero-order valence-electron chi connectivity index (χ0n) is 32.0. The van der Waals surface area contributed by atoms with Crippen LogP contribution >= 0.6 is 0 Å². The summed E-state index contributed by atoms with van der Waals surface area (Å²) in [6.07, 6.45) is 5.03. The summed E-state index contributed by atoms with van der Waals surface area (Å²) in [6, 6.07) is -0.900. The Labute approximate surface area is 313 Å². The average Bonchev–Trinajstić information content (AvgIpc) is 3.07. The standard InChI is InChI=1S/C35H66N6O12/c1-35(2,3)53-34(49)40-21-13-23-51-25-27-52-26-24-50-22-12-20-38-31(44)28(41-33(47)48)14-8-11-18-37-30(43)15-6-4-9-17-36-29(42)16-7-5-10-19-39-32(45)46/h28,39,41H,4-27H2,1-3H3,(H,36,42)(H,37,43)(H,38,44)(H,40,49)(H,45,46)(H,47,48). The summed E-state index contributed by atoms with van der Waals surface area (Å²) < 4.78 is 21.6. The number of amides is 6. The maximum Gasteiger partial charge on any atom is 0.407 e. The van der Waals surface area contributed by atoms with E-state index in [9.17, 15) is 28.8 Å². The lowest BCUT2D eigenvalue weighted by atomic mass is 10.1. The van der Waals surface area contributed by atoms with E-state index < -0.39 is 35.8 Å². The smallest absolute Gasteiger partial charge is 0.407 e. The molecule has 0 spiro atoms. The number of carboxylic acid groups (broad SMARTS) is 2. The van der Waals surface area contributed by atoms with Gasteiger partial charge in [-0.05, 0) is 78.6 Å². The van der Waals surface area contributed by atoms with Gasteiger partial charge in [-0.1, -0.05) is 12.8 Å². The number of nitrogens with one attached hydrogen (secondary N) is 6. The van der Waals surface area contributed by atoms with Gasteiger partial charge in [0.05, 0.1) is 26.4 Å². The van der Waals surface area contributed by atoms with Gasteiger partial charge in [0.1, 0.15) is 11.6 Å². The van der Waals surface area contributed by atoms with E-state index in [4.69, 9.17) is 29.2 Å². The van der Waals surface area contributed by atoms with Gasteiger partial charge < -0.3 is 61.1 Å². The average molecular weight is 763 g/mol. The summed E-state index contributed by atoms with van der Waals surface area (Å²) in [4.78, 5) is 69.6. The van der Waals surface area contributed by atoms with Crippen molar-refractivity contribution in [3.8, 4) is 0 Å². The van der Waals surface area contributed by atoms with Crippen LogP contribution in [-0.2, 0) is 33.3 Å². The first-order chi connectivity index (χ1) is 25.3. The van der Waals surface area contributed by atoms with E-state index in [2.05, 4.69) is 31.9 Å². The van der Waals surface area contributed by atoms with E-state index >= 15 is 0 Å². The highest BCUT2D eigenvalue weighted by atomic mass is 16.6. The van der Waals surface area contributed by atoms with Crippen molar-refractivity contribution >= 4 is 36.0 Å². The molecule has 0 saturated carbocycles. The summed E-state index contributed by atoms with van der Waals surface area (Å²) in [5.74, 6) is -0.525. The number of ether oxygens (including phenoxy) is 4. The molecule has 0 aromatic heterocycles. The molecule has 18 heteroatoms. The summed E-state index contributed by atoms with van der Waals surface area (Å²) >= 11 is 0. The number of rotatable bonds is 33. The van der Waals surface area contributed by atoms with E-state index in [1.807, 2.05) is 0 Å². The van der Waals surface area contributed by atoms with Crippen molar-refractivity contribution < 1.29 is 57.9 Å². The molecule has 8 N–H and O–H groups in total. The first-order valence-electron chi connectivity index (χ1n) is 18.8. The number of unbranched alkanes of at least 4 members (excludes halogenated alkanes) is 5. The van der Waals surface area contributed by atoms with E-state index in [-0.39, 0.29) is 11.8 Å². The van der Waals surface area contributed by atoms with Crippen LogP contribution in [0, 0.1) is 0 Å². The van der Waals surface area contributed by atoms with Crippen molar-refractivity contribution in [2.75, 3.05) is 72.4 Å². The largest absolute Gasteiger partial charge is 0.465 e. The van der Waals surface area contributed by atoms with Crippen LogP contribution in [0.1, 0.15) is 104 Å². The minimum atomic E-state index is -1.29. The molecule has 1 atom stereocenters. The van der Waals surface area contributed by atoms with Crippen LogP contribution in [0.15, 0.2) is 0 Å². The maximum absolute atomic E-state index is 12.5. The lowest BCUT2D eigenvalue weighted by Gasteiger charge is -2.19. The van der Waals surface area contributed by atoms with E-state index in [0.29, 0.717) is 137 Å². The monoisotopic (exact) mass is 762 g/mol. The second-order valence-corrected chi connectivity index (χ2v) is 13.3. The van der Waals surface area contributed by atoms with Crippen LogP contribution in [0.5, 0.6) is 0 Å². The number of carbonyl (C=O) groups is 6. The Balaban J connectivity index is 3.76. The minimum absolute atomic E-state index is 0.0320. The topological polar surface area (TPSA) is 252 Å². The van der Waals surface area contributed by atoms with Crippen LogP contribution in [0.4, 0.5) is 14.4 Å². The Morgan fingerprint density at radius 1 is 0.509 bits per heavy atom. The second kappa shape index (κ2) is 32.7. The molecule has 0 bridgehead atoms. The molecule has 0 fully saturated rings. The second-order valence-electron chi connectivity index (χ2n) is 13.3. The molecule has 308 valence electrons. The third kappa shape index (κ3) is 36.3. The Morgan fingerprint density at radius 3 is 1.45 bits per heavy atom. The molecule has 6 amide bonds. The third-order valence-corrected chi connectivity index (χ3v) is 7.26. The Hall–Kier alpha value is -3.90. The fourth-order valence-corrected chi connectivity index (χ4v) is 4.62. The predicted octanol–water partition coefficient (Wildman–Crippen LogP) is 2.88. The Bertz CT molecular complexity index is 1030. The first kappa shape index (κ1) is 49.1. The summed E-state index contributed by atoms with van der Waals surface area (Å²) in [5, 5.41) is 33.3. The third-order valence-electron chi connectivity index (χ3n) is 7.26. The molecule has 0 saturated heterocycles. The molecular weight excluding hydrogens is 696 g/mol. The molecule has 0 rings (SSSR count). The highest BCUT2D eigenvalue weighted by molar-refractivity contribution is 5.85. The maximum atomic E-state index is 12.5. The zero-order valence-corrected chi connectivity index (χ0v) is 32.0. The highest BCUT2D eigenvalue weighted by Gasteiger charge is 2.20. The molecule has 18 nitrogen and oxygen atoms in total. The van der Waals surface area contributed by atoms with Gasteiger partial charge in [0.25, 0.3) is 0 Å². The first-order valence-corrected chi connectivity index (χ1v) is 18.8. The molecule has 0 aliphatic heterocycles. The van der Waals surface area contributed by atoms with Crippen molar-refractivity contribution in [1.29, 1.82) is 0 Å². The zero-order chi connectivity index (χ0) is 39.6. The lowest BCUT2D eigenvalue weighted by Crippen LogP contribution is -2.46. The minimum Gasteiger partial charge on any atom is -0.465 e. The molecule has 0 heterocycles. The fraction of sp³-hybridized carbons (Fsp3) is 0.829. The molecule has 0 aromatic carbocycles. The number of hydrogen-bond acceptors (Lipinski definition) is 10. The molecular formula is C35H66N6O12. The van der Waals surface area contributed by atoms with Crippen molar-refractivity contribution in [2.24, 2.45) is 0 Å². The Kier molecular flexibility index (Phi) is 30.3. The molecule has 1 unspecified atom stereocenters. The van der Waals surface area contributed by atoms with Crippen molar-refractivity contribution in [1.82, 2.24) is 31.9 Å². The normalized spacial score (nSPS) is 11.6. The molecule has 0 aromatic rings. The molecule has 0 aliphatic carbocycles. The van der Waals surface area contributed by atoms with Crippen LogP contribution < -0.4 is 31.9 Å². The van der Waals surface area contributed by atoms with E-state index in [1.165, 1.54) is 0 Å². The van der Waals surface area contributed by atoms with E-state index in [1.54, 1.807) is 20.8 Å². The van der Waals surface area contributed by atoms with Gasteiger partial charge in [0.15, 0.2) is 0 Å². The predicted molar refractivity (Wildman–Crippen MR) is 197 cm³/mol. The number of carbonyl (C=O) groups excluding carboxylic acids is 4. The van der Waals surface area contributed by atoms with Crippen LogP contribution in [0.25, 0.3) is 0 Å². The number of alkyl carbamates (subject to hydrolysis) is 1. The summed E-state index contributed by atoms with van der Waals surface area (Å²) in [7, 11) is 0. The highest BCUT2D eigenvalue weighted by Crippen LogP contribution is 2.06. The van der Waals surface area contributed by atoms with Crippen LogP contribution in [0.3, 0.4) is 0 Å². The van der Waals surface area contributed by atoms with Gasteiger partial charge in [-0.15, -0.1) is 0 Å². The van der Waals surface area contributed by atoms with Crippen molar-refractivity contribution in [3.05, 3.63) is 0 Å². The van der Waals surface area contributed by atoms with Gasteiger partial charge in [-0.2, -0.15) is 0 Å². The van der Waals surface area contributed by atoms with Gasteiger partial charge >= 0.3 is 18.3 Å². The summed E-state index contributed by atoms with van der Waals surface area (Å²) in [6.45, 7) is 10.0. The lowest BCUT2D eigenvalue weighted by molar-refractivity contribution is -0.123. The van der Waals surface area contributed by atoms with Crippen molar-refractivity contribution in [2.45, 2.75) is 116 Å². The SMILES string of the molecule is CC(C)(C)OC(=O)NCCCOCCOCCOCCCNC(=O)C(CCCCNC(=O)CCCCCNC(=O)CCCCCNC(=O)O)NC(=O)O. The molecule has 0 radical (unpaired) electrons. The Morgan fingerprint density at radius 2 is 0.962 bits per heavy atom. The van der Waals surface area contributed by atoms with Crippen LogP contribution in [-0.4, -0.2) is 130 Å². The summed E-state index contributed by atoms with van der Waals surface area (Å²) in [5.41, 5.74) is -0.530. The fourth-order valence-electron chi connectivity index (χ4n) is 4.62. The van der Waals surface area contributed by atoms with Gasteiger partial charge in [0.2, 0.25) is 17.7 Å². The number of hydrogen-bond donors (Lipinski definition) is 8. The van der Waals surface area contributed by atoms with Crippen molar-refractivity contribution in [3.63, 3.8) is 0 Å². The van der Waals surface area contributed by atoms with Gasteiger partial charge in [-0.25, -0.2) is 14.4 Å². The molecule has 53 heavy (non-hydrogen) atoms. The molecule has 0 aliphatic rings. The van der Waals surface area contributed by atoms with E-state index in [0.717, 1.165) is 19.3 Å². The van der Waals surface area contributed by atoms with Gasteiger partial charge in [0, 0.05) is 58.8 Å². The van der Waals surface area contributed by atoms with Gasteiger partial charge in [-0.3, -0.25) is 14.4 Å². The quantitative estimate of drug-likeness (QED) is 0.0450. The van der Waals surface area contributed by atoms with Crippen LogP contribution in [0.2, 0.25) is 0 Å².